The van der Waals surface area contributed by atoms with Crippen LogP contribution in [-0.4, -0.2) is 0 Å². The van der Waals surface area contributed by atoms with Crippen LogP contribution >= 0.6 is 0 Å². The Hall–Kier alpha value is 0. The van der Waals surface area contributed by atoms with Crippen LogP contribution in [0.4, 0.5) is 0 Å². The van der Waals surface area contributed by atoms with Crippen molar-refractivity contribution >= 4 is 0 Å². The van der Waals surface area contributed by atoms with Crippen LogP contribution in [0, 0.1) is 29.1 Å². The Kier molecular flexibility index (Phi) is 48.3. The highest BCUT2D eigenvalue weighted by atomic mass is 14.2. The zero-order valence-electron chi connectivity index (χ0n) is 35.3. The van der Waals surface area contributed by atoms with Gasteiger partial charge in [0.1, 0.15) is 0 Å². The summed E-state index contributed by atoms with van der Waals surface area (Å²) in [6.45, 7) is 26.5. The largest absolute Gasteiger partial charge is 0.0776 e. The molecule has 0 bridgehead atoms. The van der Waals surface area contributed by atoms with E-state index in [-0.39, 0.29) is 7.43 Å². The maximum Gasteiger partial charge on any atom is -0.0385 e. The van der Waals surface area contributed by atoms with Crippen molar-refractivity contribution < 1.29 is 0 Å². The molecular formula is C47H102. The highest BCUT2D eigenvalue weighted by Crippen LogP contribution is 2.26. The van der Waals surface area contributed by atoms with Crippen molar-refractivity contribution in [2.24, 2.45) is 29.1 Å². The minimum atomic E-state index is 0. The summed E-state index contributed by atoms with van der Waals surface area (Å²) < 4.78 is 0. The minimum absolute atomic E-state index is 0. The lowest BCUT2D eigenvalue weighted by Crippen LogP contribution is -2.06. The van der Waals surface area contributed by atoms with Gasteiger partial charge >= 0.3 is 0 Å². The molecule has 4 aliphatic carbocycles. The van der Waals surface area contributed by atoms with Gasteiger partial charge in [-0.2, -0.15) is 0 Å². The maximum absolute atomic E-state index is 2.40. The van der Waals surface area contributed by atoms with Crippen LogP contribution in [-0.2, 0) is 0 Å². The summed E-state index contributed by atoms with van der Waals surface area (Å²) in [5.41, 5.74) is 0.542. The lowest BCUT2D eigenvalue weighted by atomic mass is 9.86. The molecule has 4 saturated carbocycles. The molecule has 0 N–H and O–H groups in total. The van der Waals surface area contributed by atoms with Crippen molar-refractivity contribution in [2.75, 3.05) is 0 Å². The standard InChI is InChI=1S/C10H20.2C9H18.C8H16.C6H14.2C2H6.CH4/c1-9-6-4-3-5-7-10(2)8-9;2*1-9-7-5-3-2-4-6-8-9;1-2-4-6-8-7-5-3-1;1-5-6(2,3)4;2*1-2;/h9-10H,3-8H2,1-2H3;2*9H,2-8H2,1H3;1-8H2;5H2,1-4H3;2*1-2H3;1H4. The average molecular weight is 667 g/mol. The molecule has 4 rings (SSSR count). The predicted octanol–water partition coefficient (Wildman–Crippen LogP) is 18.6. The molecule has 0 saturated heterocycles. The molecule has 47 heavy (non-hydrogen) atoms. The van der Waals surface area contributed by atoms with E-state index in [9.17, 15) is 0 Å². The van der Waals surface area contributed by atoms with Gasteiger partial charge < -0.3 is 0 Å². The Morgan fingerprint density at radius 1 is 0.340 bits per heavy atom. The summed E-state index contributed by atoms with van der Waals surface area (Å²) in [7, 11) is 0. The van der Waals surface area contributed by atoms with Gasteiger partial charge in [0, 0.05) is 0 Å². The molecule has 0 heteroatoms. The molecule has 0 aromatic heterocycles. The first kappa shape index (κ1) is 53.8. The molecule has 2 atom stereocenters. The van der Waals surface area contributed by atoms with Crippen LogP contribution < -0.4 is 0 Å². The molecule has 0 aliphatic heterocycles. The summed E-state index contributed by atoms with van der Waals surface area (Å²) in [4.78, 5) is 0. The zero-order chi connectivity index (χ0) is 35.3. The van der Waals surface area contributed by atoms with Crippen LogP contribution in [0.3, 0.4) is 0 Å². The SMILES string of the molecule is C.C1CCCCCCC1.CC.CC.CC1CCCCCC(C)C1.CC1CCCCCCC1.CC1CCCCCCC1.CCC(C)(C)C. The summed E-state index contributed by atoms with van der Waals surface area (Å²) in [5.74, 6) is 4.03. The van der Waals surface area contributed by atoms with E-state index in [0.717, 1.165) is 23.7 Å². The van der Waals surface area contributed by atoms with Crippen LogP contribution in [0.25, 0.3) is 0 Å². The van der Waals surface area contributed by atoms with Crippen molar-refractivity contribution in [1.29, 1.82) is 0 Å². The van der Waals surface area contributed by atoms with Crippen LogP contribution in [0.2, 0.25) is 0 Å². The fraction of sp³-hybridized carbons (Fsp3) is 1.00. The molecular weight excluding hydrogens is 565 g/mol. The van der Waals surface area contributed by atoms with Crippen molar-refractivity contribution in [3.8, 4) is 0 Å². The summed E-state index contributed by atoms with van der Waals surface area (Å²) >= 11 is 0. The fourth-order valence-corrected chi connectivity index (χ4v) is 6.82. The van der Waals surface area contributed by atoms with E-state index >= 15 is 0 Å². The van der Waals surface area contributed by atoms with Crippen molar-refractivity contribution in [2.45, 2.75) is 277 Å². The highest BCUT2D eigenvalue weighted by Gasteiger charge is 2.11. The Bertz CT molecular complexity index is 443. The molecule has 0 radical (unpaired) electrons. The van der Waals surface area contributed by atoms with Gasteiger partial charge in [-0.05, 0) is 35.5 Å². The quantitative estimate of drug-likeness (QED) is 0.241. The highest BCUT2D eigenvalue weighted by molar-refractivity contribution is 4.64. The predicted molar refractivity (Wildman–Crippen MR) is 225 cm³/mol. The summed E-state index contributed by atoms with van der Waals surface area (Å²) in [6, 6.07) is 0. The van der Waals surface area contributed by atoms with Crippen LogP contribution in [0.15, 0.2) is 0 Å². The first-order chi connectivity index (χ1) is 22.1. The number of rotatable bonds is 0. The van der Waals surface area contributed by atoms with Crippen molar-refractivity contribution in [1.82, 2.24) is 0 Å². The van der Waals surface area contributed by atoms with Gasteiger partial charge in [0.2, 0.25) is 0 Å². The lowest BCUT2D eigenvalue weighted by molar-refractivity contribution is 0.329. The lowest BCUT2D eigenvalue weighted by Gasteiger charge is -2.20. The van der Waals surface area contributed by atoms with Gasteiger partial charge in [-0.3, -0.25) is 0 Å². The second-order valence-corrected chi connectivity index (χ2v) is 16.7. The number of hydrogen-bond donors (Lipinski definition) is 0. The van der Waals surface area contributed by atoms with E-state index in [1.807, 2.05) is 27.7 Å². The van der Waals surface area contributed by atoms with E-state index < -0.39 is 0 Å². The first-order valence-corrected chi connectivity index (χ1v) is 22.1. The van der Waals surface area contributed by atoms with Gasteiger partial charge in [-0.25, -0.2) is 0 Å². The number of hydrogen-bond acceptors (Lipinski definition) is 0. The third-order valence-electron chi connectivity index (χ3n) is 10.5. The van der Waals surface area contributed by atoms with Crippen molar-refractivity contribution in [3.05, 3.63) is 0 Å². The molecule has 0 amide bonds. The monoisotopic (exact) mass is 667 g/mol. The second-order valence-electron chi connectivity index (χ2n) is 16.7. The molecule has 0 aromatic carbocycles. The van der Waals surface area contributed by atoms with Gasteiger partial charge in [0.05, 0.1) is 0 Å². The van der Waals surface area contributed by atoms with E-state index in [0.29, 0.717) is 5.41 Å². The Morgan fingerprint density at radius 2 is 0.489 bits per heavy atom. The van der Waals surface area contributed by atoms with Crippen LogP contribution in [0.5, 0.6) is 0 Å². The van der Waals surface area contributed by atoms with Crippen molar-refractivity contribution in [3.63, 3.8) is 0 Å². The van der Waals surface area contributed by atoms with E-state index in [4.69, 9.17) is 0 Å². The fourth-order valence-electron chi connectivity index (χ4n) is 6.82. The Morgan fingerprint density at radius 3 is 0.681 bits per heavy atom. The van der Waals surface area contributed by atoms with E-state index in [1.54, 1.807) is 0 Å². The Labute approximate surface area is 305 Å². The summed E-state index contributed by atoms with van der Waals surface area (Å²) in [5, 5.41) is 0. The molecule has 2 unspecified atom stereocenters. The minimum Gasteiger partial charge on any atom is -0.0776 e. The van der Waals surface area contributed by atoms with Gasteiger partial charge in [0.15, 0.2) is 0 Å². The van der Waals surface area contributed by atoms with Gasteiger partial charge in [-0.1, -0.05) is 270 Å². The zero-order valence-corrected chi connectivity index (χ0v) is 35.3. The first-order valence-electron chi connectivity index (χ1n) is 22.1. The molecule has 4 aliphatic rings. The molecule has 0 spiro atoms. The molecule has 0 nitrogen and oxygen atoms in total. The smallest absolute Gasteiger partial charge is 0.0385 e. The van der Waals surface area contributed by atoms with E-state index in [1.165, 1.54) is 186 Å². The third kappa shape index (κ3) is 48.2. The second kappa shape index (κ2) is 42.2. The maximum atomic E-state index is 2.40. The Balaban J connectivity index is -0.000000240. The normalized spacial score (nSPS) is 23.2. The molecule has 4 fully saturated rings. The average Bonchev–Trinajstić information content (AvgIpc) is 2.98. The van der Waals surface area contributed by atoms with E-state index in [2.05, 4.69) is 55.4 Å². The molecule has 290 valence electrons. The third-order valence-corrected chi connectivity index (χ3v) is 10.5. The molecule has 0 heterocycles. The topological polar surface area (TPSA) is 0 Å². The van der Waals surface area contributed by atoms with Crippen LogP contribution in [0.1, 0.15) is 277 Å². The van der Waals surface area contributed by atoms with Gasteiger partial charge in [-0.15, -0.1) is 0 Å². The van der Waals surface area contributed by atoms with Gasteiger partial charge in [0.25, 0.3) is 0 Å². The molecule has 0 aromatic rings. The summed E-state index contributed by atoms with van der Waals surface area (Å²) in [6.07, 6.45) is 43.0.